The lowest BCUT2D eigenvalue weighted by molar-refractivity contribution is -0.116. The second-order valence-electron chi connectivity index (χ2n) is 4.95. The van der Waals surface area contributed by atoms with Crippen LogP contribution in [0.1, 0.15) is 36.5 Å². The molecular weight excluding hydrogens is 292 g/mol. The minimum atomic E-state index is -1.12. The highest BCUT2D eigenvalue weighted by Gasteiger charge is 2.11. The van der Waals surface area contributed by atoms with Gasteiger partial charge in [-0.2, -0.15) is 0 Å². The Labute approximate surface area is 129 Å². The summed E-state index contributed by atoms with van der Waals surface area (Å²) in [7, 11) is 1.98. The number of anilines is 1. The summed E-state index contributed by atoms with van der Waals surface area (Å²) in [5.41, 5.74) is 0.424. The molecule has 1 aromatic rings. The number of nitrogens with one attached hydrogen (secondary N) is 1. The van der Waals surface area contributed by atoms with E-state index >= 15 is 0 Å². The average molecular weight is 313 g/mol. The predicted molar refractivity (Wildman–Crippen MR) is 84.1 cm³/mol. The first-order chi connectivity index (χ1) is 9.93. The third-order valence-corrected chi connectivity index (χ3v) is 3.42. The lowest BCUT2D eigenvalue weighted by atomic mass is 10.2. The van der Waals surface area contributed by atoms with Crippen molar-refractivity contribution < 1.29 is 14.7 Å². The van der Waals surface area contributed by atoms with Gasteiger partial charge in [-0.25, -0.2) is 4.79 Å². The number of rotatable bonds is 8. The van der Waals surface area contributed by atoms with E-state index in [1.54, 1.807) is 6.07 Å². The van der Waals surface area contributed by atoms with Crippen molar-refractivity contribution >= 4 is 29.2 Å². The summed E-state index contributed by atoms with van der Waals surface area (Å²) in [6.45, 7) is 3.76. The third kappa shape index (κ3) is 6.14. The summed E-state index contributed by atoms with van der Waals surface area (Å²) < 4.78 is 0. The van der Waals surface area contributed by atoms with Crippen LogP contribution in [0, 0.1) is 0 Å². The summed E-state index contributed by atoms with van der Waals surface area (Å²) in [5, 5.41) is 11.8. The highest BCUT2D eigenvalue weighted by molar-refractivity contribution is 6.33. The Kier molecular flexibility index (Phi) is 7.19. The average Bonchev–Trinajstić information content (AvgIpc) is 2.44. The number of benzene rings is 1. The fraction of sp³-hybridized carbons (Fsp3) is 0.467. The molecule has 0 aliphatic carbocycles. The quantitative estimate of drug-likeness (QED) is 0.774. The molecule has 0 aliphatic heterocycles. The predicted octanol–water partition coefficient (Wildman–Crippen LogP) is 3.10. The highest BCUT2D eigenvalue weighted by atomic mass is 35.5. The Hall–Kier alpha value is -1.59. The van der Waals surface area contributed by atoms with Gasteiger partial charge in [-0.1, -0.05) is 24.9 Å². The van der Waals surface area contributed by atoms with Gasteiger partial charge in [0.1, 0.15) is 0 Å². The van der Waals surface area contributed by atoms with Crippen LogP contribution < -0.4 is 5.32 Å². The molecule has 1 rings (SSSR count). The van der Waals surface area contributed by atoms with E-state index in [1.165, 1.54) is 12.1 Å². The number of carbonyl (C=O) groups is 2. The SMILES string of the molecule is CCCCN(C)CCC(=O)Nc1ccc(Cl)c(C(=O)O)c1. The first-order valence-corrected chi connectivity index (χ1v) is 7.33. The molecule has 2 N–H and O–H groups in total. The van der Waals surface area contributed by atoms with Crippen LogP contribution in [0.2, 0.25) is 5.02 Å². The number of unbranched alkanes of at least 4 members (excludes halogenated alkanes) is 1. The van der Waals surface area contributed by atoms with E-state index in [9.17, 15) is 9.59 Å². The number of amides is 1. The number of halogens is 1. The van der Waals surface area contributed by atoms with Crippen molar-refractivity contribution in [3.05, 3.63) is 28.8 Å². The number of carbonyl (C=O) groups excluding carboxylic acids is 1. The summed E-state index contributed by atoms with van der Waals surface area (Å²) in [6.07, 6.45) is 2.60. The fourth-order valence-electron chi connectivity index (χ4n) is 1.82. The van der Waals surface area contributed by atoms with E-state index in [0.29, 0.717) is 18.7 Å². The van der Waals surface area contributed by atoms with Crippen LogP contribution in [0.15, 0.2) is 18.2 Å². The number of aromatic carboxylic acids is 1. The van der Waals surface area contributed by atoms with Gasteiger partial charge in [0, 0.05) is 18.7 Å². The minimum absolute atomic E-state index is 0.0190. The van der Waals surface area contributed by atoms with Crippen LogP contribution in [0.25, 0.3) is 0 Å². The molecule has 0 aromatic heterocycles. The van der Waals surface area contributed by atoms with Gasteiger partial charge in [0.2, 0.25) is 5.91 Å². The second-order valence-corrected chi connectivity index (χ2v) is 5.36. The van der Waals surface area contributed by atoms with Crippen molar-refractivity contribution in [1.82, 2.24) is 4.90 Å². The maximum Gasteiger partial charge on any atom is 0.337 e. The standard InChI is InChI=1S/C15H21ClN2O3/c1-3-4-8-18(2)9-7-14(19)17-11-5-6-13(16)12(10-11)15(20)21/h5-6,10H,3-4,7-9H2,1-2H3,(H,17,19)(H,20,21). The maximum atomic E-state index is 11.8. The number of carboxylic acid groups (broad SMARTS) is 1. The summed E-state index contributed by atoms with van der Waals surface area (Å²) in [4.78, 5) is 24.9. The summed E-state index contributed by atoms with van der Waals surface area (Å²) >= 11 is 5.78. The van der Waals surface area contributed by atoms with Gasteiger partial charge in [-0.05, 0) is 38.2 Å². The van der Waals surface area contributed by atoms with Crippen molar-refractivity contribution in [2.24, 2.45) is 0 Å². The Bertz CT molecular complexity index is 506. The number of hydrogen-bond acceptors (Lipinski definition) is 3. The van der Waals surface area contributed by atoms with Crippen molar-refractivity contribution in [1.29, 1.82) is 0 Å². The Balaban J connectivity index is 2.51. The molecule has 0 radical (unpaired) electrons. The monoisotopic (exact) mass is 312 g/mol. The molecule has 0 saturated heterocycles. The van der Waals surface area contributed by atoms with Crippen molar-refractivity contribution in [2.45, 2.75) is 26.2 Å². The van der Waals surface area contributed by atoms with Gasteiger partial charge < -0.3 is 15.3 Å². The zero-order valence-electron chi connectivity index (χ0n) is 12.4. The van der Waals surface area contributed by atoms with Crippen LogP contribution in [0.4, 0.5) is 5.69 Å². The van der Waals surface area contributed by atoms with Crippen LogP contribution >= 0.6 is 11.6 Å². The van der Waals surface area contributed by atoms with Crippen molar-refractivity contribution in [3.8, 4) is 0 Å². The van der Waals surface area contributed by atoms with Gasteiger partial charge in [0.15, 0.2) is 0 Å². The molecule has 0 aliphatic rings. The molecule has 0 spiro atoms. The Morgan fingerprint density at radius 3 is 2.67 bits per heavy atom. The first kappa shape index (κ1) is 17.5. The minimum Gasteiger partial charge on any atom is -0.478 e. The lowest BCUT2D eigenvalue weighted by Gasteiger charge is -2.15. The fourth-order valence-corrected chi connectivity index (χ4v) is 2.02. The molecule has 0 unspecified atom stereocenters. The summed E-state index contributed by atoms with van der Waals surface area (Å²) in [5.74, 6) is -1.26. The molecular formula is C15H21ClN2O3. The topological polar surface area (TPSA) is 69.6 Å². The van der Waals surface area contributed by atoms with Gasteiger partial charge >= 0.3 is 5.97 Å². The normalized spacial score (nSPS) is 10.7. The van der Waals surface area contributed by atoms with Crippen LogP contribution in [0.3, 0.4) is 0 Å². The first-order valence-electron chi connectivity index (χ1n) is 6.95. The van der Waals surface area contributed by atoms with E-state index in [1.807, 2.05) is 7.05 Å². The third-order valence-electron chi connectivity index (χ3n) is 3.09. The number of carboxylic acids is 1. The molecule has 0 fully saturated rings. The molecule has 1 amide bonds. The lowest BCUT2D eigenvalue weighted by Crippen LogP contribution is -2.25. The van der Waals surface area contributed by atoms with Gasteiger partial charge in [0.25, 0.3) is 0 Å². The van der Waals surface area contributed by atoms with Gasteiger partial charge in [-0.3, -0.25) is 4.79 Å². The van der Waals surface area contributed by atoms with E-state index < -0.39 is 5.97 Å². The maximum absolute atomic E-state index is 11.8. The summed E-state index contributed by atoms with van der Waals surface area (Å²) in [6, 6.07) is 4.42. The molecule has 116 valence electrons. The second kappa shape index (κ2) is 8.64. The Morgan fingerprint density at radius 1 is 1.33 bits per heavy atom. The number of nitrogens with zero attached hydrogens (tertiary/aromatic N) is 1. The van der Waals surface area contributed by atoms with E-state index in [4.69, 9.17) is 16.7 Å². The molecule has 0 saturated carbocycles. The number of hydrogen-bond donors (Lipinski definition) is 2. The van der Waals surface area contributed by atoms with E-state index in [0.717, 1.165) is 19.4 Å². The molecule has 5 nitrogen and oxygen atoms in total. The molecule has 0 atom stereocenters. The van der Waals surface area contributed by atoms with Gasteiger partial charge in [0.05, 0.1) is 10.6 Å². The molecule has 0 heterocycles. The van der Waals surface area contributed by atoms with Crippen LogP contribution in [-0.4, -0.2) is 42.0 Å². The van der Waals surface area contributed by atoms with E-state index in [2.05, 4.69) is 17.1 Å². The Morgan fingerprint density at radius 2 is 2.05 bits per heavy atom. The smallest absolute Gasteiger partial charge is 0.337 e. The molecule has 6 heteroatoms. The molecule has 0 bridgehead atoms. The highest BCUT2D eigenvalue weighted by Crippen LogP contribution is 2.20. The van der Waals surface area contributed by atoms with Crippen molar-refractivity contribution in [3.63, 3.8) is 0 Å². The van der Waals surface area contributed by atoms with Crippen LogP contribution in [-0.2, 0) is 4.79 Å². The largest absolute Gasteiger partial charge is 0.478 e. The molecule has 21 heavy (non-hydrogen) atoms. The zero-order valence-corrected chi connectivity index (χ0v) is 13.1. The van der Waals surface area contributed by atoms with Crippen LogP contribution in [0.5, 0.6) is 0 Å². The van der Waals surface area contributed by atoms with Gasteiger partial charge in [-0.15, -0.1) is 0 Å². The van der Waals surface area contributed by atoms with Crippen molar-refractivity contribution in [2.75, 3.05) is 25.5 Å². The van der Waals surface area contributed by atoms with E-state index in [-0.39, 0.29) is 16.5 Å². The molecule has 1 aromatic carbocycles. The zero-order chi connectivity index (χ0) is 15.8.